The maximum Gasteiger partial charge on any atom is 0.433 e. The first-order valence-electron chi connectivity index (χ1n) is 5.79. The summed E-state index contributed by atoms with van der Waals surface area (Å²) in [7, 11) is 0. The average Bonchev–Trinajstić information content (AvgIpc) is 2.91. The van der Waals surface area contributed by atoms with E-state index in [-0.39, 0.29) is 11.4 Å². The lowest BCUT2D eigenvalue weighted by Crippen LogP contribution is -2.20. The molecule has 1 amide bonds. The standard InChI is InChI=1S/C11H11F3N6O/c1-5(9-16-4-17-20-9)18-10-6(8(15)21)2-3-7(19-10)11(12,13)14/h2-5H,1H3,(H2,15,21)(H,18,19)(H,16,17,20). The summed E-state index contributed by atoms with van der Waals surface area (Å²) in [4.78, 5) is 18.6. The van der Waals surface area contributed by atoms with Gasteiger partial charge in [0.05, 0.1) is 11.6 Å². The van der Waals surface area contributed by atoms with Crippen LogP contribution in [0.4, 0.5) is 19.0 Å². The number of alkyl halides is 3. The van der Waals surface area contributed by atoms with E-state index < -0.39 is 23.8 Å². The van der Waals surface area contributed by atoms with E-state index in [0.717, 1.165) is 6.07 Å². The Balaban J connectivity index is 2.37. The van der Waals surface area contributed by atoms with Crippen molar-refractivity contribution in [2.24, 2.45) is 5.73 Å². The number of amides is 1. The van der Waals surface area contributed by atoms with Gasteiger partial charge < -0.3 is 11.1 Å². The lowest BCUT2D eigenvalue weighted by atomic mass is 10.2. The molecule has 2 aromatic heterocycles. The second-order valence-corrected chi connectivity index (χ2v) is 4.19. The molecule has 0 aliphatic rings. The van der Waals surface area contributed by atoms with E-state index in [0.29, 0.717) is 11.9 Å². The molecule has 7 nitrogen and oxygen atoms in total. The molecule has 1 unspecified atom stereocenters. The third kappa shape index (κ3) is 3.27. The summed E-state index contributed by atoms with van der Waals surface area (Å²) in [6.07, 6.45) is -3.37. The highest BCUT2D eigenvalue weighted by molar-refractivity contribution is 5.97. The minimum Gasteiger partial charge on any atom is -0.365 e. The van der Waals surface area contributed by atoms with E-state index in [1.54, 1.807) is 6.92 Å². The highest BCUT2D eigenvalue weighted by atomic mass is 19.4. The number of nitrogens with two attached hydrogens (primary N) is 1. The summed E-state index contributed by atoms with van der Waals surface area (Å²) in [5, 5.41) is 8.85. The topological polar surface area (TPSA) is 110 Å². The number of H-pyrrole nitrogens is 1. The van der Waals surface area contributed by atoms with Crippen LogP contribution in [0.5, 0.6) is 0 Å². The van der Waals surface area contributed by atoms with E-state index in [4.69, 9.17) is 5.73 Å². The minimum atomic E-state index is -4.62. The smallest absolute Gasteiger partial charge is 0.365 e. The van der Waals surface area contributed by atoms with Gasteiger partial charge in [0.2, 0.25) is 0 Å². The number of carbonyl (C=O) groups excluding carboxylic acids is 1. The van der Waals surface area contributed by atoms with Crippen LogP contribution in [0, 0.1) is 0 Å². The van der Waals surface area contributed by atoms with Crippen LogP contribution in [0.15, 0.2) is 18.5 Å². The molecule has 0 aromatic carbocycles. The number of nitrogens with zero attached hydrogens (tertiary/aromatic N) is 3. The molecule has 112 valence electrons. The minimum absolute atomic E-state index is 0.144. The zero-order chi connectivity index (χ0) is 15.6. The van der Waals surface area contributed by atoms with Crippen LogP contribution >= 0.6 is 0 Å². The summed E-state index contributed by atoms with van der Waals surface area (Å²) in [5.41, 5.74) is 3.86. The number of hydrogen-bond donors (Lipinski definition) is 3. The normalized spacial score (nSPS) is 13.0. The van der Waals surface area contributed by atoms with E-state index in [9.17, 15) is 18.0 Å². The Labute approximate surface area is 116 Å². The molecular weight excluding hydrogens is 289 g/mol. The van der Waals surface area contributed by atoms with E-state index in [1.165, 1.54) is 6.33 Å². The molecule has 2 aromatic rings. The lowest BCUT2D eigenvalue weighted by Gasteiger charge is -2.16. The number of nitrogens with one attached hydrogen (secondary N) is 2. The molecule has 0 aliphatic carbocycles. The molecule has 0 fully saturated rings. The Kier molecular flexibility index (Phi) is 3.78. The average molecular weight is 300 g/mol. The van der Waals surface area contributed by atoms with Crippen LogP contribution in [0.25, 0.3) is 0 Å². The number of halogens is 3. The third-order valence-electron chi connectivity index (χ3n) is 2.65. The SMILES string of the molecule is CC(Nc1nc(C(F)(F)F)ccc1C(N)=O)c1ncn[nH]1. The Morgan fingerprint density at radius 3 is 2.67 bits per heavy atom. The second kappa shape index (κ2) is 5.38. The molecule has 1 atom stereocenters. The number of rotatable bonds is 4. The first-order chi connectivity index (χ1) is 9.79. The first-order valence-corrected chi connectivity index (χ1v) is 5.79. The molecule has 0 aliphatic heterocycles. The predicted molar refractivity (Wildman–Crippen MR) is 66.2 cm³/mol. The first kappa shape index (κ1) is 14.8. The van der Waals surface area contributed by atoms with Gasteiger partial charge >= 0.3 is 6.18 Å². The van der Waals surface area contributed by atoms with Crippen molar-refractivity contribution >= 4 is 11.7 Å². The fourth-order valence-corrected chi connectivity index (χ4v) is 1.62. The quantitative estimate of drug-likeness (QED) is 0.792. The molecule has 0 saturated carbocycles. The van der Waals surface area contributed by atoms with Crippen LogP contribution < -0.4 is 11.1 Å². The second-order valence-electron chi connectivity index (χ2n) is 4.19. The van der Waals surface area contributed by atoms with Gasteiger partial charge in [0, 0.05) is 0 Å². The van der Waals surface area contributed by atoms with Crippen molar-refractivity contribution in [2.75, 3.05) is 5.32 Å². The van der Waals surface area contributed by atoms with Crippen molar-refractivity contribution in [2.45, 2.75) is 19.1 Å². The summed E-state index contributed by atoms with van der Waals surface area (Å²) in [6, 6.07) is 1.14. The Bertz CT molecular complexity index is 640. The van der Waals surface area contributed by atoms with Crippen molar-refractivity contribution in [1.82, 2.24) is 20.2 Å². The van der Waals surface area contributed by atoms with Gasteiger partial charge in [-0.2, -0.15) is 18.3 Å². The summed E-state index contributed by atoms with van der Waals surface area (Å²) in [6.45, 7) is 1.62. The summed E-state index contributed by atoms with van der Waals surface area (Å²) in [5.74, 6) is -0.769. The van der Waals surface area contributed by atoms with Crippen LogP contribution in [0.1, 0.15) is 34.8 Å². The number of pyridine rings is 1. The lowest BCUT2D eigenvalue weighted by molar-refractivity contribution is -0.141. The van der Waals surface area contributed by atoms with E-state index in [1.807, 2.05) is 0 Å². The number of carbonyl (C=O) groups is 1. The van der Waals surface area contributed by atoms with E-state index in [2.05, 4.69) is 25.5 Å². The monoisotopic (exact) mass is 300 g/mol. The zero-order valence-corrected chi connectivity index (χ0v) is 10.8. The molecular formula is C11H11F3N6O. The largest absolute Gasteiger partial charge is 0.433 e. The van der Waals surface area contributed by atoms with Gasteiger partial charge in [-0.25, -0.2) is 9.97 Å². The highest BCUT2D eigenvalue weighted by Gasteiger charge is 2.33. The van der Waals surface area contributed by atoms with Gasteiger partial charge in [0.1, 0.15) is 23.7 Å². The molecule has 0 spiro atoms. The molecule has 2 heterocycles. The van der Waals surface area contributed by atoms with Crippen molar-refractivity contribution < 1.29 is 18.0 Å². The highest BCUT2D eigenvalue weighted by Crippen LogP contribution is 2.30. The van der Waals surface area contributed by atoms with Crippen molar-refractivity contribution in [1.29, 1.82) is 0 Å². The fourth-order valence-electron chi connectivity index (χ4n) is 1.62. The van der Waals surface area contributed by atoms with Crippen molar-refractivity contribution in [3.8, 4) is 0 Å². The van der Waals surface area contributed by atoms with Gasteiger partial charge in [-0.05, 0) is 19.1 Å². The molecule has 4 N–H and O–H groups in total. The van der Waals surface area contributed by atoms with Crippen LogP contribution in [0.3, 0.4) is 0 Å². The van der Waals surface area contributed by atoms with Crippen LogP contribution in [-0.4, -0.2) is 26.1 Å². The summed E-state index contributed by atoms with van der Waals surface area (Å²) < 4.78 is 38.0. The molecule has 21 heavy (non-hydrogen) atoms. The summed E-state index contributed by atoms with van der Waals surface area (Å²) >= 11 is 0. The number of aromatic amines is 1. The van der Waals surface area contributed by atoms with Crippen molar-refractivity contribution in [3.63, 3.8) is 0 Å². The fraction of sp³-hybridized carbons (Fsp3) is 0.273. The number of aromatic nitrogens is 4. The number of hydrogen-bond acceptors (Lipinski definition) is 5. The maximum absolute atomic E-state index is 12.7. The van der Waals surface area contributed by atoms with Crippen LogP contribution in [0.2, 0.25) is 0 Å². The molecule has 0 saturated heterocycles. The Morgan fingerprint density at radius 2 is 2.14 bits per heavy atom. The van der Waals surface area contributed by atoms with Gasteiger partial charge in [-0.3, -0.25) is 9.89 Å². The van der Waals surface area contributed by atoms with Gasteiger partial charge in [-0.1, -0.05) is 0 Å². The Hall–Kier alpha value is -2.65. The molecule has 0 radical (unpaired) electrons. The number of anilines is 1. The third-order valence-corrected chi connectivity index (χ3v) is 2.65. The van der Waals surface area contributed by atoms with Gasteiger partial charge in [-0.15, -0.1) is 0 Å². The van der Waals surface area contributed by atoms with E-state index >= 15 is 0 Å². The zero-order valence-electron chi connectivity index (χ0n) is 10.8. The maximum atomic E-state index is 12.7. The van der Waals surface area contributed by atoms with Gasteiger partial charge in [0.25, 0.3) is 5.91 Å². The molecule has 2 rings (SSSR count). The van der Waals surface area contributed by atoms with Gasteiger partial charge in [0.15, 0.2) is 0 Å². The molecule has 10 heteroatoms. The predicted octanol–water partition coefficient (Wildman–Crippen LogP) is 1.49. The van der Waals surface area contributed by atoms with Crippen LogP contribution in [-0.2, 0) is 6.18 Å². The Morgan fingerprint density at radius 1 is 1.43 bits per heavy atom. The molecule has 0 bridgehead atoms. The van der Waals surface area contributed by atoms with Crippen molar-refractivity contribution in [3.05, 3.63) is 35.5 Å². The number of primary amides is 1.